The number of hydrogen-bond donors (Lipinski definition) is 1. The molecule has 0 spiro atoms. The number of carbonyl (C=O) groups excluding carboxylic acids is 2. The molecule has 0 aliphatic rings. The average molecular weight is 383 g/mol. The normalized spacial score (nSPS) is 10.4. The van der Waals surface area contributed by atoms with Gasteiger partial charge in [0.25, 0.3) is 0 Å². The van der Waals surface area contributed by atoms with E-state index in [-0.39, 0.29) is 24.5 Å². The molecule has 0 bridgehead atoms. The number of Topliss-reactive ketones (excluding diaryl/α,β-unsaturated/α-hetero) is 1. The minimum Gasteiger partial charge on any atom is -0.494 e. The predicted octanol–water partition coefficient (Wildman–Crippen LogP) is 4.08. The highest BCUT2D eigenvalue weighted by Gasteiger charge is 2.09. The van der Waals surface area contributed by atoms with Crippen LogP contribution in [0, 0.1) is 0 Å². The fraction of sp³-hybridized carbons (Fsp3) is 0.391. The monoisotopic (exact) mass is 382 g/mol. The smallest absolute Gasteiger partial charge is 0.220 e. The van der Waals surface area contributed by atoms with Crippen LogP contribution in [0.1, 0.15) is 43.0 Å². The molecule has 2 aromatic carbocycles. The lowest BCUT2D eigenvalue weighted by Gasteiger charge is -2.19. The largest absolute Gasteiger partial charge is 0.494 e. The first-order chi connectivity index (χ1) is 13.6. The van der Waals surface area contributed by atoms with Gasteiger partial charge in [-0.1, -0.05) is 25.1 Å². The van der Waals surface area contributed by atoms with Crippen molar-refractivity contribution in [1.29, 1.82) is 0 Å². The van der Waals surface area contributed by atoms with E-state index in [4.69, 9.17) is 4.74 Å². The molecule has 2 aromatic rings. The number of hydrogen-bond acceptors (Lipinski definition) is 4. The molecule has 0 heterocycles. The van der Waals surface area contributed by atoms with Crippen LogP contribution < -0.4 is 15.0 Å². The highest BCUT2D eigenvalue weighted by Crippen LogP contribution is 2.14. The average Bonchev–Trinajstić information content (AvgIpc) is 2.74. The highest BCUT2D eigenvalue weighted by atomic mass is 16.5. The summed E-state index contributed by atoms with van der Waals surface area (Å²) in [5.74, 6) is 0.649. The van der Waals surface area contributed by atoms with Crippen molar-refractivity contribution >= 4 is 17.4 Å². The zero-order valence-corrected chi connectivity index (χ0v) is 16.8. The molecule has 150 valence electrons. The number of rotatable bonds is 12. The third-order valence-electron chi connectivity index (χ3n) is 4.42. The Morgan fingerprint density at radius 3 is 2.39 bits per heavy atom. The molecule has 28 heavy (non-hydrogen) atoms. The van der Waals surface area contributed by atoms with Crippen LogP contribution in [0.2, 0.25) is 0 Å². The van der Waals surface area contributed by atoms with Crippen LogP contribution in [0.15, 0.2) is 54.6 Å². The maximum atomic E-state index is 12.2. The van der Waals surface area contributed by atoms with Crippen molar-refractivity contribution < 1.29 is 14.3 Å². The molecule has 0 aliphatic carbocycles. The summed E-state index contributed by atoms with van der Waals surface area (Å²) in [6, 6.07) is 17.2. The molecule has 0 radical (unpaired) electrons. The molecular formula is C23H30N2O3. The van der Waals surface area contributed by atoms with Crippen molar-refractivity contribution in [3.8, 4) is 5.75 Å². The molecule has 0 saturated carbocycles. The van der Waals surface area contributed by atoms with Crippen LogP contribution in [0.5, 0.6) is 5.75 Å². The molecular weight excluding hydrogens is 352 g/mol. The van der Waals surface area contributed by atoms with Gasteiger partial charge in [-0.25, -0.2) is 0 Å². The second-order valence-electron chi connectivity index (χ2n) is 6.76. The molecule has 0 saturated heterocycles. The number of ether oxygens (including phenoxy) is 1. The summed E-state index contributed by atoms with van der Waals surface area (Å²) in [7, 11) is 2.04. The maximum absolute atomic E-state index is 12.2. The lowest BCUT2D eigenvalue weighted by Crippen LogP contribution is -2.28. The molecule has 0 atom stereocenters. The van der Waals surface area contributed by atoms with E-state index in [1.807, 2.05) is 32.2 Å². The number of anilines is 1. The molecule has 2 rings (SSSR count). The van der Waals surface area contributed by atoms with Crippen molar-refractivity contribution in [2.24, 2.45) is 0 Å². The highest BCUT2D eigenvalue weighted by molar-refractivity contribution is 5.98. The van der Waals surface area contributed by atoms with E-state index in [0.29, 0.717) is 18.7 Å². The van der Waals surface area contributed by atoms with Crippen molar-refractivity contribution in [3.63, 3.8) is 0 Å². The van der Waals surface area contributed by atoms with Crippen LogP contribution in [0.3, 0.4) is 0 Å². The summed E-state index contributed by atoms with van der Waals surface area (Å²) in [6.07, 6.45) is 2.22. The van der Waals surface area contributed by atoms with E-state index in [9.17, 15) is 9.59 Å². The van der Waals surface area contributed by atoms with Gasteiger partial charge in [0, 0.05) is 44.2 Å². The van der Waals surface area contributed by atoms with Crippen molar-refractivity contribution in [2.75, 3.05) is 31.6 Å². The van der Waals surface area contributed by atoms with Crippen LogP contribution in [-0.4, -0.2) is 38.4 Å². The summed E-state index contributed by atoms with van der Waals surface area (Å²) < 4.78 is 5.51. The van der Waals surface area contributed by atoms with Gasteiger partial charge in [-0.3, -0.25) is 9.59 Å². The molecule has 1 N–H and O–H groups in total. The van der Waals surface area contributed by atoms with Gasteiger partial charge < -0.3 is 15.0 Å². The zero-order valence-electron chi connectivity index (χ0n) is 16.8. The van der Waals surface area contributed by atoms with Crippen molar-refractivity contribution in [1.82, 2.24) is 5.32 Å². The van der Waals surface area contributed by atoms with E-state index in [1.54, 1.807) is 24.3 Å². The second-order valence-corrected chi connectivity index (χ2v) is 6.76. The van der Waals surface area contributed by atoms with Crippen LogP contribution in [0.4, 0.5) is 5.69 Å². The first kappa shape index (κ1) is 21.5. The fourth-order valence-corrected chi connectivity index (χ4v) is 2.77. The van der Waals surface area contributed by atoms with E-state index < -0.39 is 0 Å². The minimum absolute atomic E-state index is 0.0268. The van der Waals surface area contributed by atoms with Gasteiger partial charge in [0.05, 0.1) is 6.61 Å². The molecule has 5 heteroatoms. The SMILES string of the molecule is CCCOc1ccc(C(=O)CCC(=O)NCCCN(C)c2ccccc2)cc1. The van der Waals surface area contributed by atoms with Gasteiger partial charge >= 0.3 is 0 Å². The third kappa shape index (κ3) is 7.43. The Balaban J connectivity index is 1.63. The van der Waals surface area contributed by atoms with Gasteiger partial charge in [0.15, 0.2) is 5.78 Å². The van der Waals surface area contributed by atoms with Crippen LogP contribution >= 0.6 is 0 Å². The molecule has 5 nitrogen and oxygen atoms in total. The Morgan fingerprint density at radius 2 is 1.71 bits per heavy atom. The van der Waals surface area contributed by atoms with Crippen molar-refractivity contribution in [3.05, 3.63) is 60.2 Å². The van der Waals surface area contributed by atoms with Gasteiger partial charge in [-0.15, -0.1) is 0 Å². The Bertz CT molecular complexity index is 729. The first-order valence-electron chi connectivity index (χ1n) is 9.89. The molecule has 0 aliphatic heterocycles. The lowest BCUT2D eigenvalue weighted by atomic mass is 10.1. The van der Waals surface area contributed by atoms with Crippen LogP contribution in [-0.2, 0) is 4.79 Å². The fourth-order valence-electron chi connectivity index (χ4n) is 2.77. The minimum atomic E-state index is -0.0846. The quantitative estimate of drug-likeness (QED) is 0.444. The van der Waals surface area contributed by atoms with Gasteiger partial charge in [-0.05, 0) is 49.2 Å². The number of carbonyl (C=O) groups is 2. The Hall–Kier alpha value is -2.82. The number of ketones is 1. The Labute approximate surface area is 167 Å². The van der Waals surface area contributed by atoms with E-state index in [0.717, 1.165) is 30.8 Å². The van der Waals surface area contributed by atoms with E-state index in [2.05, 4.69) is 22.3 Å². The molecule has 0 fully saturated rings. The number of nitrogens with one attached hydrogen (secondary N) is 1. The molecule has 1 amide bonds. The Morgan fingerprint density at radius 1 is 1.00 bits per heavy atom. The second kappa shape index (κ2) is 11.8. The maximum Gasteiger partial charge on any atom is 0.220 e. The summed E-state index contributed by atoms with van der Waals surface area (Å²) in [5, 5.41) is 2.89. The zero-order chi connectivity index (χ0) is 20.2. The topological polar surface area (TPSA) is 58.6 Å². The van der Waals surface area contributed by atoms with Gasteiger partial charge in [0.1, 0.15) is 5.75 Å². The third-order valence-corrected chi connectivity index (χ3v) is 4.42. The summed E-state index contributed by atoms with van der Waals surface area (Å²) >= 11 is 0. The van der Waals surface area contributed by atoms with Gasteiger partial charge in [-0.2, -0.15) is 0 Å². The van der Waals surface area contributed by atoms with E-state index in [1.165, 1.54) is 0 Å². The number of amides is 1. The lowest BCUT2D eigenvalue weighted by molar-refractivity contribution is -0.121. The van der Waals surface area contributed by atoms with Crippen LogP contribution in [0.25, 0.3) is 0 Å². The summed E-state index contributed by atoms with van der Waals surface area (Å²) in [6.45, 7) is 4.17. The predicted molar refractivity (Wildman–Crippen MR) is 113 cm³/mol. The first-order valence-corrected chi connectivity index (χ1v) is 9.89. The number of para-hydroxylation sites is 1. The van der Waals surface area contributed by atoms with E-state index >= 15 is 0 Å². The number of benzene rings is 2. The van der Waals surface area contributed by atoms with Gasteiger partial charge in [0.2, 0.25) is 5.91 Å². The number of nitrogens with zero attached hydrogens (tertiary/aromatic N) is 1. The standard InChI is InChI=1S/C23H30N2O3/c1-3-18-28-21-12-10-19(11-13-21)22(26)14-15-23(27)24-16-7-17-25(2)20-8-5-4-6-9-20/h4-6,8-13H,3,7,14-18H2,1-2H3,(H,24,27). The molecule has 0 unspecified atom stereocenters. The summed E-state index contributed by atoms with van der Waals surface area (Å²) in [4.78, 5) is 26.3. The molecule has 0 aromatic heterocycles. The summed E-state index contributed by atoms with van der Waals surface area (Å²) in [5.41, 5.74) is 1.77. The van der Waals surface area contributed by atoms with Crippen molar-refractivity contribution in [2.45, 2.75) is 32.6 Å². The Kier molecular flexibility index (Phi) is 9.05.